The number of rotatable bonds is 7. The van der Waals surface area contributed by atoms with Crippen LogP contribution in [0.4, 0.5) is 17.1 Å². The largest absolute Gasteiger partial charge is 0.456 e. The van der Waals surface area contributed by atoms with Gasteiger partial charge in [-0.1, -0.05) is 182 Å². The topological polar surface area (TPSA) is 16.4 Å². The van der Waals surface area contributed by atoms with E-state index in [9.17, 15) is 0 Å². The van der Waals surface area contributed by atoms with Crippen LogP contribution in [0.1, 0.15) is 11.1 Å². The maximum atomic E-state index is 6.75. The average Bonchev–Trinajstić information content (AvgIpc) is 3.86. The van der Waals surface area contributed by atoms with Crippen molar-refractivity contribution < 1.29 is 4.42 Å². The summed E-state index contributed by atoms with van der Waals surface area (Å²) >= 11 is 0. The van der Waals surface area contributed by atoms with E-state index in [0.29, 0.717) is 0 Å². The maximum absolute atomic E-state index is 6.75. The van der Waals surface area contributed by atoms with Crippen molar-refractivity contribution in [1.29, 1.82) is 0 Å². The Labute approximate surface area is 332 Å². The summed E-state index contributed by atoms with van der Waals surface area (Å²) in [5.74, 6) is 0. The van der Waals surface area contributed by atoms with Crippen LogP contribution in [0.2, 0.25) is 0 Å². The van der Waals surface area contributed by atoms with Crippen molar-refractivity contribution in [2.24, 2.45) is 0 Å². The Balaban J connectivity index is 1.39. The molecule has 2 nitrogen and oxygen atoms in total. The van der Waals surface area contributed by atoms with Crippen LogP contribution in [0.15, 0.2) is 217 Å². The first-order valence-corrected chi connectivity index (χ1v) is 19.6. The van der Waals surface area contributed by atoms with Crippen LogP contribution in [0.5, 0.6) is 0 Å². The summed E-state index contributed by atoms with van der Waals surface area (Å²) < 4.78 is 6.75. The van der Waals surface area contributed by atoms with E-state index in [1.165, 1.54) is 44.6 Å². The highest BCUT2D eigenvalue weighted by Crippen LogP contribution is 2.57. The number of anilines is 3. The minimum atomic E-state index is 0.808. The lowest BCUT2D eigenvalue weighted by Gasteiger charge is -2.35. The normalized spacial score (nSPS) is 11.8. The number of benzene rings is 9. The first-order valence-electron chi connectivity index (χ1n) is 19.6. The molecule has 0 fully saturated rings. The van der Waals surface area contributed by atoms with E-state index in [2.05, 4.69) is 217 Å². The minimum Gasteiger partial charge on any atom is -0.456 e. The molecule has 0 aliphatic heterocycles. The Kier molecular flexibility index (Phi) is 7.93. The van der Waals surface area contributed by atoms with Crippen molar-refractivity contribution in [3.63, 3.8) is 0 Å². The first-order chi connectivity index (χ1) is 28.3. The monoisotopic (exact) mass is 727 g/mol. The van der Waals surface area contributed by atoms with Gasteiger partial charge in [-0.25, -0.2) is 0 Å². The molecule has 0 radical (unpaired) electrons. The Bertz CT molecular complexity index is 3070. The molecule has 1 heterocycles. The minimum absolute atomic E-state index is 0.808. The third-order valence-electron chi connectivity index (χ3n) is 11.5. The van der Waals surface area contributed by atoms with Gasteiger partial charge in [-0.2, -0.15) is 0 Å². The highest BCUT2D eigenvalue weighted by Gasteiger charge is 2.34. The highest BCUT2D eigenvalue weighted by molar-refractivity contribution is 6.19. The van der Waals surface area contributed by atoms with Gasteiger partial charge in [0.25, 0.3) is 0 Å². The van der Waals surface area contributed by atoms with Gasteiger partial charge in [-0.05, 0) is 80.4 Å². The Hall–Kier alpha value is -7.42. The van der Waals surface area contributed by atoms with Gasteiger partial charge in [-0.15, -0.1) is 0 Å². The predicted molar refractivity (Wildman–Crippen MR) is 238 cm³/mol. The van der Waals surface area contributed by atoms with E-state index >= 15 is 0 Å². The van der Waals surface area contributed by atoms with E-state index in [4.69, 9.17) is 4.42 Å². The molecule has 0 spiro atoms. The van der Waals surface area contributed by atoms with Gasteiger partial charge in [0, 0.05) is 28.5 Å². The molecular formula is C55H37NO. The smallest absolute Gasteiger partial charge is 0.137 e. The number of hydrogen-bond donors (Lipinski definition) is 0. The van der Waals surface area contributed by atoms with Crippen molar-refractivity contribution in [3.05, 3.63) is 223 Å². The number of para-hydroxylation sites is 2. The lowest BCUT2D eigenvalue weighted by Crippen LogP contribution is -2.16. The molecule has 1 aromatic heterocycles. The standard InChI is InChI=1S/C55H37NO/c1-5-19-37(20-6-1)43-29-15-17-31-49(43)56(54-44(38-21-7-2-8-22-38)33-34-51-53(54)45-30-16-18-32-50(45)57-51)55-48-35-41-27-13-14-28-42(41)47(48)36-46(39-23-9-3-10-24-39)52(55)40-25-11-4-12-26-40/h1-34,36H,35H2. The van der Waals surface area contributed by atoms with Crippen LogP contribution in [0, 0.1) is 0 Å². The summed E-state index contributed by atoms with van der Waals surface area (Å²) in [5.41, 5.74) is 19.6. The van der Waals surface area contributed by atoms with Crippen LogP contribution in [-0.4, -0.2) is 0 Å². The second kappa shape index (κ2) is 13.7. The van der Waals surface area contributed by atoms with E-state index < -0.39 is 0 Å². The van der Waals surface area contributed by atoms with Gasteiger partial charge in [0.15, 0.2) is 0 Å². The molecule has 0 saturated heterocycles. The average molecular weight is 728 g/mol. The Morgan fingerprint density at radius 2 is 0.912 bits per heavy atom. The van der Waals surface area contributed by atoms with E-state index in [0.717, 1.165) is 67.6 Å². The van der Waals surface area contributed by atoms with Crippen LogP contribution in [-0.2, 0) is 6.42 Å². The molecular weight excluding hydrogens is 691 g/mol. The molecule has 0 amide bonds. The number of furan rings is 1. The van der Waals surface area contributed by atoms with Crippen LogP contribution >= 0.6 is 0 Å². The van der Waals surface area contributed by atoms with E-state index in [1.54, 1.807) is 0 Å². The summed E-state index contributed by atoms with van der Waals surface area (Å²) in [6.45, 7) is 0. The van der Waals surface area contributed by atoms with Crippen LogP contribution in [0.3, 0.4) is 0 Å². The van der Waals surface area contributed by atoms with Gasteiger partial charge in [0.1, 0.15) is 11.2 Å². The van der Waals surface area contributed by atoms with Crippen molar-refractivity contribution in [1.82, 2.24) is 0 Å². The van der Waals surface area contributed by atoms with Gasteiger partial charge >= 0.3 is 0 Å². The molecule has 2 heteroatoms. The van der Waals surface area contributed by atoms with Gasteiger partial charge in [0.05, 0.1) is 22.4 Å². The van der Waals surface area contributed by atoms with Gasteiger partial charge in [0.2, 0.25) is 0 Å². The van der Waals surface area contributed by atoms with Crippen molar-refractivity contribution in [3.8, 4) is 55.6 Å². The lowest BCUT2D eigenvalue weighted by atomic mass is 9.86. The summed E-state index contributed by atoms with van der Waals surface area (Å²) in [6, 6.07) is 76.7. The molecule has 1 aliphatic rings. The summed E-state index contributed by atoms with van der Waals surface area (Å²) in [7, 11) is 0. The van der Waals surface area contributed by atoms with E-state index in [1.807, 2.05) is 0 Å². The number of fused-ring (bicyclic) bond motifs is 6. The summed E-state index contributed by atoms with van der Waals surface area (Å²) in [6.07, 6.45) is 0.808. The van der Waals surface area contributed by atoms with Crippen molar-refractivity contribution in [2.45, 2.75) is 6.42 Å². The Morgan fingerprint density at radius 1 is 0.368 bits per heavy atom. The third kappa shape index (κ3) is 5.49. The fourth-order valence-electron chi connectivity index (χ4n) is 9.01. The van der Waals surface area contributed by atoms with Crippen LogP contribution in [0.25, 0.3) is 77.6 Å². The fourth-order valence-corrected chi connectivity index (χ4v) is 9.01. The molecule has 268 valence electrons. The zero-order valence-corrected chi connectivity index (χ0v) is 31.3. The quantitative estimate of drug-likeness (QED) is 0.163. The van der Waals surface area contributed by atoms with Crippen molar-refractivity contribution >= 4 is 39.0 Å². The molecule has 10 aromatic rings. The first kappa shape index (κ1) is 33.0. The summed E-state index contributed by atoms with van der Waals surface area (Å²) in [5, 5.41) is 2.17. The third-order valence-corrected chi connectivity index (χ3v) is 11.5. The van der Waals surface area contributed by atoms with Crippen molar-refractivity contribution in [2.75, 3.05) is 4.90 Å². The fraction of sp³-hybridized carbons (Fsp3) is 0.0182. The molecule has 57 heavy (non-hydrogen) atoms. The second-order valence-electron chi connectivity index (χ2n) is 14.8. The molecule has 0 unspecified atom stereocenters. The maximum Gasteiger partial charge on any atom is 0.137 e. The molecule has 11 rings (SSSR count). The second-order valence-corrected chi connectivity index (χ2v) is 14.8. The van der Waals surface area contributed by atoms with E-state index in [-0.39, 0.29) is 0 Å². The SMILES string of the molecule is c1ccc(-c2ccccc2N(c2c3c(cc(-c4ccccc4)c2-c2ccccc2)-c2ccccc2C3)c2c(-c3ccccc3)ccc3oc4ccccc4c23)cc1. The summed E-state index contributed by atoms with van der Waals surface area (Å²) in [4.78, 5) is 2.61. The molecule has 0 bridgehead atoms. The zero-order chi connectivity index (χ0) is 37.7. The number of hydrogen-bond acceptors (Lipinski definition) is 2. The highest BCUT2D eigenvalue weighted by atomic mass is 16.3. The molecule has 1 aliphatic carbocycles. The predicted octanol–water partition coefficient (Wildman–Crippen LogP) is 15.3. The molecule has 9 aromatic carbocycles. The zero-order valence-electron chi connectivity index (χ0n) is 31.3. The van der Waals surface area contributed by atoms with Gasteiger partial charge < -0.3 is 9.32 Å². The lowest BCUT2D eigenvalue weighted by molar-refractivity contribution is 0.669. The molecule has 0 saturated carbocycles. The molecule has 0 N–H and O–H groups in total. The Morgan fingerprint density at radius 3 is 1.61 bits per heavy atom. The van der Waals surface area contributed by atoms with Crippen LogP contribution < -0.4 is 4.90 Å². The van der Waals surface area contributed by atoms with Gasteiger partial charge in [-0.3, -0.25) is 0 Å². The number of nitrogens with zero attached hydrogens (tertiary/aromatic N) is 1. The molecule has 0 atom stereocenters.